The third-order valence-corrected chi connectivity index (χ3v) is 4.98. The molecule has 0 radical (unpaired) electrons. The molecular weight excluding hydrogens is 355 g/mol. The summed E-state index contributed by atoms with van der Waals surface area (Å²) in [4.78, 5) is 14.4. The molecule has 1 aliphatic heterocycles. The summed E-state index contributed by atoms with van der Waals surface area (Å²) in [5.74, 6) is -0.0464. The lowest BCUT2D eigenvalue weighted by Gasteiger charge is -2.26. The van der Waals surface area contributed by atoms with Gasteiger partial charge in [-0.2, -0.15) is 0 Å². The Morgan fingerprint density at radius 2 is 1.96 bits per heavy atom. The predicted octanol–water partition coefficient (Wildman–Crippen LogP) is 4.95. The highest BCUT2D eigenvalue weighted by atomic mass is 35.5. The second-order valence-electron chi connectivity index (χ2n) is 6.44. The van der Waals surface area contributed by atoms with Gasteiger partial charge in [-0.05, 0) is 69.1 Å². The van der Waals surface area contributed by atoms with E-state index in [1.54, 1.807) is 18.2 Å². The summed E-state index contributed by atoms with van der Waals surface area (Å²) in [5.41, 5.74) is 1.84. The molecule has 1 amide bonds. The lowest BCUT2D eigenvalue weighted by Crippen LogP contribution is -2.33. The van der Waals surface area contributed by atoms with Crippen LogP contribution in [0.4, 0.5) is 0 Å². The fraction of sp³-hybridized carbons (Fsp3) is 0.450. The normalized spacial score (nSPS) is 16.4. The van der Waals surface area contributed by atoms with E-state index in [1.165, 1.54) is 32.4 Å². The Balaban J connectivity index is 1.71. The summed E-state index contributed by atoms with van der Waals surface area (Å²) in [6.45, 7) is 6.09. The number of likely N-dealkylation sites (tertiary alicyclic amines) is 1. The Hall–Kier alpha value is -1.29. The van der Waals surface area contributed by atoms with Crippen molar-refractivity contribution in [3.05, 3.63) is 51.5 Å². The maximum Gasteiger partial charge on any atom is 0.244 e. The fourth-order valence-corrected chi connectivity index (χ4v) is 3.15. The number of hydrogen-bond donors (Lipinski definition) is 1. The molecule has 0 unspecified atom stereocenters. The number of rotatable bonds is 7. The van der Waals surface area contributed by atoms with Gasteiger partial charge in [0, 0.05) is 12.6 Å². The quantitative estimate of drug-likeness (QED) is 0.412. The molecule has 1 heterocycles. The van der Waals surface area contributed by atoms with Crippen molar-refractivity contribution in [2.24, 2.45) is 0 Å². The maximum atomic E-state index is 11.9. The number of amides is 1. The predicted molar refractivity (Wildman–Crippen MR) is 107 cm³/mol. The molecule has 0 aliphatic carbocycles. The Kier molecular flexibility index (Phi) is 8.53. The lowest BCUT2D eigenvalue weighted by molar-refractivity contribution is -0.116. The van der Waals surface area contributed by atoms with Crippen molar-refractivity contribution in [1.29, 1.82) is 0 Å². The van der Waals surface area contributed by atoms with Gasteiger partial charge >= 0.3 is 0 Å². The zero-order chi connectivity index (χ0) is 18.1. The van der Waals surface area contributed by atoms with E-state index in [1.807, 2.05) is 25.1 Å². The van der Waals surface area contributed by atoms with E-state index >= 15 is 0 Å². The Labute approximate surface area is 160 Å². The molecule has 0 bridgehead atoms. The van der Waals surface area contributed by atoms with Crippen LogP contribution >= 0.6 is 23.2 Å². The highest BCUT2D eigenvalue weighted by molar-refractivity contribution is 6.42. The van der Waals surface area contributed by atoms with Crippen molar-refractivity contribution in [3.8, 4) is 0 Å². The molecule has 1 aromatic carbocycles. The molecular formula is C20H26Cl2N2O. The molecule has 2 rings (SSSR count). The summed E-state index contributed by atoms with van der Waals surface area (Å²) in [5, 5.41) is 4.02. The molecule has 0 atom stereocenters. The van der Waals surface area contributed by atoms with Gasteiger partial charge in [0.25, 0.3) is 0 Å². The number of allylic oxidation sites excluding steroid dienone is 2. The van der Waals surface area contributed by atoms with Crippen LogP contribution in [0, 0.1) is 0 Å². The fourth-order valence-electron chi connectivity index (χ4n) is 2.85. The summed E-state index contributed by atoms with van der Waals surface area (Å²) in [7, 11) is 0. The molecule has 25 heavy (non-hydrogen) atoms. The van der Waals surface area contributed by atoms with Crippen molar-refractivity contribution < 1.29 is 4.79 Å². The minimum absolute atomic E-state index is 0.0464. The van der Waals surface area contributed by atoms with Gasteiger partial charge in [0.05, 0.1) is 10.0 Å². The molecule has 5 heteroatoms. The highest BCUT2D eigenvalue weighted by Gasteiger charge is 2.08. The minimum atomic E-state index is -0.0464. The lowest BCUT2D eigenvalue weighted by atomic mass is 10.1. The van der Waals surface area contributed by atoms with Crippen molar-refractivity contribution >= 4 is 35.2 Å². The number of carbonyl (C=O) groups is 1. The Bertz CT molecular complexity index is 635. The topological polar surface area (TPSA) is 32.3 Å². The second-order valence-corrected chi connectivity index (χ2v) is 7.26. The number of benzene rings is 1. The molecule has 136 valence electrons. The standard InChI is InChI=1S/C20H26Cl2N2O/c1-16(6-7-17-8-9-18(21)19(22)15-17)14-20(25)23-10-5-13-24-11-3-2-4-12-24/h6-9,14-15H,2-5,10-13H2,1H3,(H,23,25)/b7-6+,16-14-. The number of carbonyl (C=O) groups excluding carboxylic acids is 1. The van der Waals surface area contributed by atoms with E-state index in [-0.39, 0.29) is 5.91 Å². The third-order valence-electron chi connectivity index (χ3n) is 4.24. The van der Waals surface area contributed by atoms with Crippen molar-refractivity contribution in [3.63, 3.8) is 0 Å². The first kappa shape index (κ1) is 20.0. The molecule has 1 saturated heterocycles. The van der Waals surface area contributed by atoms with Crippen LogP contribution in [0.2, 0.25) is 10.0 Å². The highest BCUT2D eigenvalue weighted by Crippen LogP contribution is 2.23. The van der Waals surface area contributed by atoms with Gasteiger partial charge in [-0.1, -0.05) is 47.8 Å². The van der Waals surface area contributed by atoms with Crippen LogP contribution in [0.25, 0.3) is 6.08 Å². The first-order valence-electron chi connectivity index (χ1n) is 8.86. The van der Waals surface area contributed by atoms with Crippen molar-refractivity contribution in [1.82, 2.24) is 10.2 Å². The van der Waals surface area contributed by atoms with Gasteiger partial charge in [-0.25, -0.2) is 0 Å². The van der Waals surface area contributed by atoms with Crippen LogP contribution in [0.3, 0.4) is 0 Å². The second kappa shape index (κ2) is 10.6. The van der Waals surface area contributed by atoms with Gasteiger partial charge < -0.3 is 10.2 Å². The Morgan fingerprint density at radius 3 is 2.68 bits per heavy atom. The van der Waals surface area contributed by atoms with Crippen molar-refractivity contribution in [2.45, 2.75) is 32.6 Å². The molecule has 1 fully saturated rings. The Morgan fingerprint density at radius 1 is 1.20 bits per heavy atom. The monoisotopic (exact) mass is 380 g/mol. The van der Waals surface area contributed by atoms with E-state index in [0.29, 0.717) is 10.0 Å². The SMILES string of the molecule is CC(=C/C(=O)NCCCN1CCCCC1)/C=C/c1ccc(Cl)c(Cl)c1. The molecule has 0 spiro atoms. The summed E-state index contributed by atoms with van der Waals surface area (Å²) in [6, 6.07) is 5.45. The van der Waals surface area contributed by atoms with E-state index in [4.69, 9.17) is 23.2 Å². The summed E-state index contributed by atoms with van der Waals surface area (Å²) < 4.78 is 0. The number of halogens is 2. The largest absolute Gasteiger partial charge is 0.352 e. The summed E-state index contributed by atoms with van der Waals surface area (Å²) >= 11 is 11.9. The van der Waals surface area contributed by atoms with E-state index in [2.05, 4.69) is 10.2 Å². The van der Waals surface area contributed by atoms with E-state index < -0.39 is 0 Å². The number of nitrogens with zero attached hydrogens (tertiary/aromatic N) is 1. The van der Waals surface area contributed by atoms with Crippen LogP contribution in [-0.2, 0) is 4.79 Å². The van der Waals surface area contributed by atoms with Crippen LogP contribution in [0.1, 0.15) is 38.2 Å². The number of nitrogens with one attached hydrogen (secondary N) is 1. The first-order valence-corrected chi connectivity index (χ1v) is 9.62. The minimum Gasteiger partial charge on any atom is -0.352 e. The van der Waals surface area contributed by atoms with Gasteiger partial charge in [0.1, 0.15) is 0 Å². The average molecular weight is 381 g/mol. The van der Waals surface area contributed by atoms with Crippen LogP contribution in [0.15, 0.2) is 35.9 Å². The van der Waals surface area contributed by atoms with E-state index in [0.717, 1.165) is 30.6 Å². The zero-order valence-corrected chi connectivity index (χ0v) is 16.2. The third kappa shape index (κ3) is 7.64. The van der Waals surface area contributed by atoms with Crippen molar-refractivity contribution in [2.75, 3.05) is 26.2 Å². The van der Waals surface area contributed by atoms with E-state index in [9.17, 15) is 4.79 Å². The van der Waals surface area contributed by atoms with Crippen LogP contribution in [0.5, 0.6) is 0 Å². The number of hydrogen-bond acceptors (Lipinski definition) is 2. The van der Waals surface area contributed by atoms with Gasteiger partial charge in [-0.15, -0.1) is 0 Å². The summed E-state index contributed by atoms with van der Waals surface area (Å²) in [6.07, 6.45) is 10.4. The molecule has 1 aromatic rings. The smallest absolute Gasteiger partial charge is 0.244 e. The number of piperidine rings is 1. The van der Waals surface area contributed by atoms with Crippen LogP contribution in [-0.4, -0.2) is 37.0 Å². The maximum absolute atomic E-state index is 11.9. The van der Waals surface area contributed by atoms with Gasteiger partial charge in [-0.3, -0.25) is 4.79 Å². The molecule has 3 nitrogen and oxygen atoms in total. The van der Waals surface area contributed by atoms with Gasteiger partial charge in [0.15, 0.2) is 0 Å². The van der Waals surface area contributed by atoms with Gasteiger partial charge in [0.2, 0.25) is 5.91 Å². The van der Waals surface area contributed by atoms with Crippen LogP contribution < -0.4 is 5.32 Å². The zero-order valence-electron chi connectivity index (χ0n) is 14.7. The molecule has 0 aromatic heterocycles. The molecule has 1 N–H and O–H groups in total. The molecule has 0 saturated carbocycles. The molecule has 1 aliphatic rings. The first-order chi connectivity index (χ1) is 12.0. The average Bonchev–Trinajstić information content (AvgIpc) is 2.61.